The Balaban J connectivity index is 2.76. The summed E-state index contributed by atoms with van der Waals surface area (Å²) in [5.74, 6) is -3.37. The summed E-state index contributed by atoms with van der Waals surface area (Å²) in [4.78, 5) is 0. The highest BCUT2D eigenvalue weighted by Crippen LogP contribution is 2.22. The zero-order valence-corrected chi connectivity index (χ0v) is 10.9. The first-order valence-corrected chi connectivity index (χ1v) is 6.98. The fraction of sp³-hybridized carbons (Fsp3) is 0.429. The summed E-state index contributed by atoms with van der Waals surface area (Å²) in [5.41, 5.74) is 0.679. The molecular weight excluding hydrogens is 312 g/mol. The molecule has 0 aliphatic rings. The number of hydrogen-bond donors (Lipinski definition) is 0. The van der Waals surface area contributed by atoms with Crippen molar-refractivity contribution in [2.24, 2.45) is 0 Å². The molecule has 1 rings (SSSR count). The van der Waals surface area contributed by atoms with Crippen LogP contribution in [0.15, 0.2) is 15.2 Å². The Bertz CT molecular complexity index is 432. The van der Waals surface area contributed by atoms with Gasteiger partial charge in [0.1, 0.15) is 0 Å². The number of alkyl halides is 2. The van der Waals surface area contributed by atoms with E-state index < -0.39 is 15.8 Å². The van der Waals surface area contributed by atoms with Crippen molar-refractivity contribution in [1.29, 1.82) is 0 Å². The van der Waals surface area contributed by atoms with Crippen LogP contribution in [0.2, 0.25) is 0 Å². The van der Waals surface area contributed by atoms with Crippen LogP contribution in [0.5, 0.6) is 0 Å². The van der Waals surface area contributed by atoms with E-state index in [-0.39, 0.29) is 6.54 Å². The molecule has 0 fully saturated rings. The second-order valence-corrected chi connectivity index (χ2v) is 7.12. The van der Waals surface area contributed by atoms with Crippen molar-refractivity contribution in [3.8, 4) is 0 Å². The van der Waals surface area contributed by atoms with Gasteiger partial charge in [-0.1, -0.05) is 0 Å². The van der Waals surface area contributed by atoms with E-state index in [4.69, 9.17) is 0 Å². The van der Waals surface area contributed by atoms with Gasteiger partial charge < -0.3 is 0 Å². The van der Waals surface area contributed by atoms with Gasteiger partial charge in [0.15, 0.2) is 0 Å². The number of thiophene rings is 1. The highest BCUT2D eigenvalue weighted by molar-refractivity contribution is 9.11. The minimum Gasteiger partial charge on any atom is -0.206 e. The molecule has 0 aromatic carbocycles. The molecule has 86 valence electrons. The molecule has 0 aliphatic carbocycles. The Kier molecular flexibility index (Phi) is 4.21. The topological polar surface area (TPSA) is 37.4 Å². The Hall–Kier alpha value is -0.0500. The first-order chi connectivity index (χ1) is 6.84. The van der Waals surface area contributed by atoms with Crippen molar-refractivity contribution in [3.63, 3.8) is 0 Å². The Morgan fingerprint density at radius 2 is 2.20 bits per heavy atom. The van der Waals surface area contributed by atoms with Gasteiger partial charge >= 0.3 is 5.76 Å². The van der Waals surface area contributed by atoms with E-state index in [0.717, 1.165) is 10.8 Å². The van der Waals surface area contributed by atoms with Crippen LogP contribution in [-0.4, -0.2) is 25.5 Å². The third kappa shape index (κ3) is 3.20. The summed E-state index contributed by atoms with van der Waals surface area (Å²) in [6.45, 7) is -0.0469. The van der Waals surface area contributed by atoms with E-state index in [0.29, 0.717) is 9.87 Å². The van der Waals surface area contributed by atoms with E-state index in [9.17, 15) is 17.2 Å². The molecule has 0 saturated heterocycles. The molecule has 0 saturated carbocycles. The van der Waals surface area contributed by atoms with E-state index in [1.54, 1.807) is 11.4 Å². The summed E-state index contributed by atoms with van der Waals surface area (Å²) >= 11 is 4.58. The molecule has 1 heterocycles. The molecule has 1 aromatic heterocycles. The average molecular weight is 320 g/mol. The summed E-state index contributed by atoms with van der Waals surface area (Å²) in [6.07, 6.45) is 0. The predicted octanol–water partition coefficient (Wildman–Crippen LogP) is 2.49. The summed E-state index contributed by atoms with van der Waals surface area (Å²) in [7, 11) is -3.34. The lowest BCUT2D eigenvalue weighted by atomic mass is 10.3. The summed E-state index contributed by atoms with van der Waals surface area (Å²) in [5, 5.41) is 1.71. The van der Waals surface area contributed by atoms with Crippen molar-refractivity contribution >= 4 is 37.3 Å². The van der Waals surface area contributed by atoms with Crippen LogP contribution >= 0.6 is 27.3 Å². The first-order valence-electron chi connectivity index (χ1n) is 3.80. The highest BCUT2D eigenvalue weighted by atomic mass is 79.9. The van der Waals surface area contributed by atoms with Gasteiger partial charge in [-0.05, 0) is 32.9 Å². The van der Waals surface area contributed by atoms with E-state index in [2.05, 4.69) is 15.9 Å². The van der Waals surface area contributed by atoms with Gasteiger partial charge in [-0.15, -0.1) is 11.3 Å². The molecule has 0 N–H and O–H groups in total. The van der Waals surface area contributed by atoms with E-state index in [1.807, 2.05) is 0 Å². The molecule has 0 unspecified atom stereocenters. The van der Waals surface area contributed by atoms with Gasteiger partial charge in [0.25, 0.3) is 10.0 Å². The quantitative estimate of drug-likeness (QED) is 0.855. The zero-order valence-electron chi connectivity index (χ0n) is 7.65. The maximum absolute atomic E-state index is 12.1. The fourth-order valence-corrected chi connectivity index (χ4v) is 2.71. The Morgan fingerprint density at radius 1 is 1.60 bits per heavy atom. The van der Waals surface area contributed by atoms with Crippen LogP contribution in [0.4, 0.5) is 8.78 Å². The molecule has 0 atom stereocenters. The molecule has 0 radical (unpaired) electrons. The molecule has 3 nitrogen and oxygen atoms in total. The maximum Gasteiger partial charge on any atom is 0.350 e. The van der Waals surface area contributed by atoms with Gasteiger partial charge in [-0.3, -0.25) is 0 Å². The van der Waals surface area contributed by atoms with Crippen LogP contribution in [0, 0.1) is 0 Å². The van der Waals surface area contributed by atoms with Crippen molar-refractivity contribution in [3.05, 3.63) is 20.8 Å². The second kappa shape index (κ2) is 4.86. The first kappa shape index (κ1) is 13.0. The lowest BCUT2D eigenvalue weighted by Crippen LogP contribution is -2.31. The largest absolute Gasteiger partial charge is 0.350 e. The number of sulfonamides is 1. The fourth-order valence-electron chi connectivity index (χ4n) is 0.912. The molecule has 0 aliphatic heterocycles. The lowest BCUT2D eigenvalue weighted by Gasteiger charge is -2.15. The Morgan fingerprint density at radius 3 is 2.60 bits per heavy atom. The van der Waals surface area contributed by atoms with Crippen molar-refractivity contribution in [2.45, 2.75) is 12.3 Å². The lowest BCUT2D eigenvalue weighted by molar-refractivity contribution is 0.222. The van der Waals surface area contributed by atoms with Crippen LogP contribution in [-0.2, 0) is 16.6 Å². The van der Waals surface area contributed by atoms with Crippen LogP contribution in [0.1, 0.15) is 5.56 Å². The van der Waals surface area contributed by atoms with Gasteiger partial charge in [0.2, 0.25) is 0 Å². The SMILES string of the molecule is CN(Cc1csc(Br)c1)S(=O)(=O)C(F)F. The normalized spacial score (nSPS) is 12.7. The van der Waals surface area contributed by atoms with Gasteiger partial charge in [-0.25, -0.2) is 8.42 Å². The maximum atomic E-state index is 12.1. The molecule has 8 heteroatoms. The summed E-state index contributed by atoms with van der Waals surface area (Å²) < 4.78 is 47.8. The van der Waals surface area contributed by atoms with Crippen LogP contribution < -0.4 is 0 Å². The van der Waals surface area contributed by atoms with Gasteiger partial charge in [-0.2, -0.15) is 13.1 Å². The molecule has 0 amide bonds. The number of nitrogens with zero attached hydrogens (tertiary/aromatic N) is 1. The third-order valence-electron chi connectivity index (χ3n) is 1.69. The highest BCUT2D eigenvalue weighted by Gasteiger charge is 2.29. The molecule has 1 aromatic rings. The van der Waals surface area contributed by atoms with Gasteiger partial charge in [0.05, 0.1) is 3.79 Å². The Labute approximate surface area is 98.9 Å². The molecule has 0 spiro atoms. The molecular formula is C7H8BrF2NO2S2. The average Bonchev–Trinajstić information content (AvgIpc) is 2.50. The molecule has 15 heavy (non-hydrogen) atoms. The second-order valence-electron chi connectivity index (χ2n) is 2.82. The number of rotatable bonds is 4. The minimum absolute atomic E-state index is 0.0469. The van der Waals surface area contributed by atoms with Crippen LogP contribution in [0.25, 0.3) is 0 Å². The number of hydrogen-bond acceptors (Lipinski definition) is 3. The van der Waals surface area contributed by atoms with Crippen molar-refractivity contribution < 1.29 is 17.2 Å². The molecule has 0 bridgehead atoms. The van der Waals surface area contributed by atoms with E-state index >= 15 is 0 Å². The standard InChI is InChI=1S/C7H8BrF2NO2S2/c1-11(15(12,13)7(9)10)3-5-2-6(8)14-4-5/h2,4,7H,3H2,1H3. The summed E-state index contributed by atoms with van der Waals surface area (Å²) in [6, 6.07) is 1.70. The van der Waals surface area contributed by atoms with Crippen molar-refractivity contribution in [1.82, 2.24) is 4.31 Å². The predicted molar refractivity (Wildman–Crippen MR) is 58.4 cm³/mol. The van der Waals surface area contributed by atoms with Crippen molar-refractivity contribution in [2.75, 3.05) is 7.05 Å². The number of halogens is 3. The smallest absolute Gasteiger partial charge is 0.206 e. The monoisotopic (exact) mass is 319 g/mol. The third-order valence-corrected chi connectivity index (χ3v) is 4.69. The minimum atomic E-state index is -4.48. The van der Waals surface area contributed by atoms with Crippen LogP contribution in [0.3, 0.4) is 0 Å². The van der Waals surface area contributed by atoms with E-state index in [1.165, 1.54) is 11.3 Å². The zero-order chi connectivity index (χ0) is 11.6. The van der Waals surface area contributed by atoms with Gasteiger partial charge in [0, 0.05) is 13.6 Å².